The molecule has 29 heavy (non-hydrogen) atoms. The van der Waals surface area contributed by atoms with Gasteiger partial charge < -0.3 is 4.90 Å². The minimum atomic E-state index is 0.0648. The zero-order valence-corrected chi connectivity index (χ0v) is 17.1. The Labute approximate surface area is 169 Å². The molecule has 0 N–H and O–H groups in total. The predicted molar refractivity (Wildman–Crippen MR) is 116 cm³/mol. The monoisotopic (exact) mass is 387 g/mol. The third-order valence-corrected chi connectivity index (χ3v) is 6.11. The number of benzene rings is 2. The van der Waals surface area contributed by atoms with Crippen LogP contribution in [0.15, 0.2) is 47.7 Å². The van der Waals surface area contributed by atoms with Crippen molar-refractivity contribution in [2.24, 2.45) is 7.05 Å². The molecule has 0 spiro atoms. The van der Waals surface area contributed by atoms with E-state index in [4.69, 9.17) is 0 Å². The van der Waals surface area contributed by atoms with Gasteiger partial charge in [-0.3, -0.25) is 14.0 Å². The number of hydrogen-bond acceptors (Lipinski definition) is 4. The molecule has 5 rings (SSSR count). The summed E-state index contributed by atoms with van der Waals surface area (Å²) in [6.07, 6.45) is 5.75. The van der Waals surface area contributed by atoms with Crippen molar-refractivity contribution in [2.75, 3.05) is 20.1 Å². The summed E-state index contributed by atoms with van der Waals surface area (Å²) in [5.41, 5.74) is 5.16. The predicted octanol–water partition coefficient (Wildman–Crippen LogP) is 3.53. The summed E-state index contributed by atoms with van der Waals surface area (Å²) in [7, 11) is 4.07. The van der Waals surface area contributed by atoms with Crippen molar-refractivity contribution >= 4 is 21.8 Å². The van der Waals surface area contributed by atoms with Crippen LogP contribution in [0.1, 0.15) is 24.4 Å². The highest BCUT2D eigenvalue weighted by Crippen LogP contribution is 2.28. The second-order valence-electron chi connectivity index (χ2n) is 8.26. The molecule has 6 heteroatoms. The first-order chi connectivity index (χ1) is 14.0. The summed E-state index contributed by atoms with van der Waals surface area (Å²) in [5, 5.41) is 6.33. The third kappa shape index (κ3) is 3.13. The fourth-order valence-corrected chi connectivity index (χ4v) is 4.44. The topological polar surface area (TPSA) is 56.0 Å². The number of aromatic nitrogens is 4. The number of rotatable bonds is 2. The molecular formula is C23H25N5O. The molecule has 1 fully saturated rings. The summed E-state index contributed by atoms with van der Waals surface area (Å²) in [6.45, 7) is 4.12. The van der Waals surface area contributed by atoms with Gasteiger partial charge in [-0.1, -0.05) is 6.07 Å². The number of piperidine rings is 1. The molecule has 1 saturated heterocycles. The van der Waals surface area contributed by atoms with E-state index >= 15 is 0 Å². The quantitative estimate of drug-likeness (QED) is 0.528. The molecule has 3 heterocycles. The largest absolute Gasteiger partial charge is 0.306 e. The zero-order chi connectivity index (χ0) is 20.1. The van der Waals surface area contributed by atoms with Crippen LogP contribution in [0, 0.1) is 6.92 Å². The summed E-state index contributed by atoms with van der Waals surface area (Å²) in [4.78, 5) is 20.0. The number of fused-ring (bicyclic) bond motifs is 2. The fourth-order valence-electron chi connectivity index (χ4n) is 4.44. The van der Waals surface area contributed by atoms with Crippen molar-refractivity contribution in [1.29, 1.82) is 0 Å². The van der Waals surface area contributed by atoms with Crippen molar-refractivity contribution in [2.45, 2.75) is 25.8 Å². The summed E-state index contributed by atoms with van der Waals surface area (Å²) in [6, 6.07) is 10.5. The molecule has 0 aliphatic carbocycles. The lowest BCUT2D eigenvalue weighted by molar-refractivity contribution is 0.218. The van der Waals surface area contributed by atoms with Crippen LogP contribution in [0.5, 0.6) is 0 Å². The Morgan fingerprint density at radius 1 is 1.03 bits per heavy atom. The Morgan fingerprint density at radius 2 is 1.83 bits per heavy atom. The summed E-state index contributed by atoms with van der Waals surface area (Å²) < 4.78 is 3.68. The van der Waals surface area contributed by atoms with Gasteiger partial charge in [0.15, 0.2) is 0 Å². The number of likely N-dealkylation sites (tertiary alicyclic amines) is 1. The van der Waals surface area contributed by atoms with E-state index < -0.39 is 0 Å². The van der Waals surface area contributed by atoms with E-state index in [9.17, 15) is 4.79 Å². The number of aryl methyl sites for hydroxylation is 2. The van der Waals surface area contributed by atoms with Gasteiger partial charge in [0.1, 0.15) is 0 Å². The van der Waals surface area contributed by atoms with Crippen molar-refractivity contribution in [3.8, 4) is 11.1 Å². The Kier molecular flexibility index (Phi) is 4.24. The van der Waals surface area contributed by atoms with E-state index in [-0.39, 0.29) is 11.6 Å². The molecule has 0 radical (unpaired) electrons. The molecule has 0 saturated carbocycles. The van der Waals surface area contributed by atoms with Gasteiger partial charge in [0, 0.05) is 24.7 Å². The van der Waals surface area contributed by atoms with Crippen molar-refractivity contribution in [1.82, 2.24) is 24.2 Å². The average molecular weight is 387 g/mol. The second kappa shape index (κ2) is 6.81. The van der Waals surface area contributed by atoms with Crippen LogP contribution in [0.4, 0.5) is 0 Å². The maximum absolute atomic E-state index is 13.1. The molecule has 148 valence electrons. The molecule has 1 aliphatic heterocycles. The highest BCUT2D eigenvalue weighted by Gasteiger charge is 2.20. The van der Waals surface area contributed by atoms with Gasteiger partial charge in [-0.25, -0.2) is 4.98 Å². The smallest absolute Gasteiger partial charge is 0.261 e. The molecule has 6 nitrogen and oxygen atoms in total. The van der Waals surface area contributed by atoms with Gasteiger partial charge in [-0.05, 0) is 80.9 Å². The van der Waals surface area contributed by atoms with E-state index in [1.165, 1.54) is 0 Å². The van der Waals surface area contributed by atoms with Crippen molar-refractivity contribution in [3.63, 3.8) is 0 Å². The molecule has 0 amide bonds. The molecule has 2 aromatic carbocycles. The summed E-state index contributed by atoms with van der Waals surface area (Å²) >= 11 is 0. The standard InChI is InChI=1S/C23H25N5O/c1-15-10-17(11-18-13-27(3)25-22(15)18)16-4-5-20-21(12-16)24-14-28(23(20)29)19-6-8-26(2)9-7-19/h4-5,10-14,19H,6-9H2,1-3H3. The highest BCUT2D eigenvalue weighted by molar-refractivity contribution is 5.89. The van der Waals surface area contributed by atoms with Gasteiger partial charge in [0.2, 0.25) is 0 Å². The fraction of sp³-hybridized carbons (Fsp3) is 0.348. The Hall–Kier alpha value is -2.99. The second-order valence-corrected chi connectivity index (χ2v) is 8.26. The van der Waals surface area contributed by atoms with E-state index in [2.05, 4.69) is 41.1 Å². The van der Waals surface area contributed by atoms with Crippen LogP contribution < -0.4 is 5.56 Å². The zero-order valence-electron chi connectivity index (χ0n) is 17.1. The molecule has 0 atom stereocenters. The van der Waals surface area contributed by atoms with E-state index in [0.29, 0.717) is 5.39 Å². The van der Waals surface area contributed by atoms with Crippen LogP contribution in [0.2, 0.25) is 0 Å². The van der Waals surface area contributed by atoms with Crippen LogP contribution in [-0.4, -0.2) is 44.4 Å². The molecule has 1 aliphatic rings. The van der Waals surface area contributed by atoms with Crippen LogP contribution >= 0.6 is 0 Å². The average Bonchev–Trinajstić information content (AvgIpc) is 3.10. The maximum atomic E-state index is 13.1. The minimum absolute atomic E-state index is 0.0648. The molecule has 2 aromatic heterocycles. The molecule has 0 unspecified atom stereocenters. The lowest BCUT2D eigenvalue weighted by Gasteiger charge is -2.30. The Balaban J connectivity index is 1.56. The lowest BCUT2D eigenvalue weighted by Crippen LogP contribution is -2.35. The van der Waals surface area contributed by atoms with Gasteiger partial charge in [0.25, 0.3) is 5.56 Å². The van der Waals surface area contributed by atoms with Gasteiger partial charge in [0.05, 0.1) is 22.7 Å². The van der Waals surface area contributed by atoms with Crippen LogP contribution in [0.25, 0.3) is 32.9 Å². The van der Waals surface area contributed by atoms with Crippen LogP contribution in [0.3, 0.4) is 0 Å². The normalized spacial score (nSPS) is 16.1. The van der Waals surface area contributed by atoms with Gasteiger partial charge in [-0.2, -0.15) is 5.10 Å². The highest BCUT2D eigenvalue weighted by atomic mass is 16.1. The number of nitrogens with zero attached hydrogens (tertiary/aromatic N) is 5. The van der Waals surface area contributed by atoms with Crippen LogP contribution in [-0.2, 0) is 7.05 Å². The first-order valence-electron chi connectivity index (χ1n) is 10.1. The van der Waals surface area contributed by atoms with Crippen molar-refractivity contribution < 1.29 is 0 Å². The first kappa shape index (κ1) is 18.1. The van der Waals surface area contributed by atoms with E-state index in [1.807, 2.05) is 40.7 Å². The molecule has 4 aromatic rings. The van der Waals surface area contributed by atoms with Gasteiger partial charge in [-0.15, -0.1) is 0 Å². The molecule has 0 bridgehead atoms. The first-order valence-corrected chi connectivity index (χ1v) is 10.1. The molecular weight excluding hydrogens is 362 g/mol. The summed E-state index contributed by atoms with van der Waals surface area (Å²) in [5.74, 6) is 0. The maximum Gasteiger partial charge on any atom is 0.261 e. The van der Waals surface area contributed by atoms with E-state index in [1.54, 1.807) is 6.33 Å². The SMILES string of the molecule is Cc1cc(-c2ccc3c(=O)n(C4CCN(C)CC4)cnc3c2)cc2cn(C)nc12. The lowest BCUT2D eigenvalue weighted by atomic mass is 10.00. The van der Waals surface area contributed by atoms with Gasteiger partial charge >= 0.3 is 0 Å². The minimum Gasteiger partial charge on any atom is -0.306 e. The Morgan fingerprint density at radius 3 is 2.62 bits per heavy atom. The van der Waals surface area contributed by atoms with E-state index in [0.717, 1.165) is 59.0 Å². The third-order valence-electron chi connectivity index (χ3n) is 6.11. The number of hydrogen-bond donors (Lipinski definition) is 0. The van der Waals surface area contributed by atoms with Crippen molar-refractivity contribution in [3.05, 3.63) is 58.8 Å². The Bertz CT molecular complexity index is 1280.